The van der Waals surface area contributed by atoms with Crippen LogP contribution in [0.5, 0.6) is 5.75 Å². The van der Waals surface area contributed by atoms with Crippen LogP contribution in [0, 0.1) is 13.8 Å². The van der Waals surface area contributed by atoms with Crippen molar-refractivity contribution >= 4 is 21.8 Å². The maximum absolute atomic E-state index is 13.7. The van der Waals surface area contributed by atoms with Gasteiger partial charge in [-0.2, -0.15) is 4.31 Å². The van der Waals surface area contributed by atoms with Gasteiger partial charge in [-0.05, 0) is 68.7 Å². The molecule has 0 unspecified atom stereocenters. The topological polar surface area (TPSA) is 106 Å². The normalized spacial score (nSPS) is 11.5. The van der Waals surface area contributed by atoms with E-state index in [-0.39, 0.29) is 30.4 Å². The number of nitrogens with one attached hydrogen (secondary N) is 1. The van der Waals surface area contributed by atoms with Crippen LogP contribution in [0.2, 0.25) is 0 Å². The number of Topliss-reactive ketones (excluding diaryl/α,β-unsaturated/α-hetero) is 1. The lowest BCUT2D eigenvalue weighted by Gasteiger charge is -2.23. The van der Waals surface area contributed by atoms with Crippen molar-refractivity contribution in [2.24, 2.45) is 0 Å². The zero-order valence-electron chi connectivity index (χ0n) is 20.5. The molecule has 0 amide bonds. The van der Waals surface area contributed by atoms with Gasteiger partial charge in [-0.25, -0.2) is 13.2 Å². The maximum Gasteiger partial charge on any atom is 0.355 e. The van der Waals surface area contributed by atoms with Gasteiger partial charge in [0.2, 0.25) is 10.0 Å². The highest BCUT2D eigenvalue weighted by molar-refractivity contribution is 7.89. The molecule has 0 saturated carbocycles. The predicted molar refractivity (Wildman–Crippen MR) is 132 cm³/mol. The number of rotatable bonds is 10. The summed E-state index contributed by atoms with van der Waals surface area (Å²) in [6.45, 7) is 7.12. The highest BCUT2D eigenvalue weighted by atomic mass is 32.2. The van der Waals surface area contributed by atoms with E-state index in [9.17, 15) is 18.0 Å². The van der Waals surface area contributed by atoms with Crippen LogP contribution in [-0.2, 0) is 27.8 Å². The summed E-state index contributed by atoms with van der Waals surface area (Å²) in [5.74, 6) is 0.0367. The molecule has 2 aromatic carbocycles. The van der Waals surface area contributed by atoms with E-state index in [4.69, 9.17) is 9.47 Å². The summed E-state index contributed by atoms with van der Waals surface area (Å²) in [7, 11) is -2.39. The van der Waals surface area contributed by atoms with Gasteiger partial charge in [-0.3, -0.25) is 4.79 Å². The molecule has 0 bridgehead atoms. The average molecular weight is 499 g/mol. The standard InChI is InChI=1S/C26H30N2O6S/c1-6-34-26(30)25-18(3)17(2)24(27-25)16-28(15-20-7-11-22(33-5)12-8-20)35(31,32)23-13-9-21(10-14-23)19(4)29/h7-14,27H,6,15-16H2,1-5H3. The van der Waals surface area contributed by atoms with Gasteiger partial charge in [0.1, 0.15) is 11.4 Å². The molecular formula is C26H30N2O6S. The Balaban J connectivity index is 2.02. The van der Waals surface area contributed by atoms with Crippen molar-refractivity contribution < 1.29 is 27.5 Å². The number of sulfonamides is 1. The number of H-pyrrole nitrogens is 1. The van der Waals surface area contributed by atoms with Crippen molar-refractivity contribution in [3.8, 4) is 5.75 Å². The van der Waals surface area contributed by atoms with Crippen molar-refractivity contribution in [2.75, 3.05) is 13.7 Å². The summed E-state index contributed by atoms with van der Waals surface area (Å²) in [6, 6.07) is 13.0. The van der Waals surface area contributed by atoms with Crippen molar-refractivity contribution in [3.05, 3.63) is 82.2 Å². The van der Waals surface area contributed by atoms with Crippen molar-refractivity contribution in [3.63, 3.8) is 0 Å². The Morgan fingerprint density at radius 2 is 1.57 bits per heavy atom. The van der Waals surface area contributed by atoms with Gasteiger partial charge in [0, 0.05) is 17.8 Å². The molecule has 3 rings (SSSR count). The second-order valence-corrected chi connectivity index (χ2v) is 10.1. The van der Waals surface area contributed by atoms with E-state index < -0.39 is 16.0 Å². The summed E-state index contributed by atoms with van der Waals surface area (Å²) in [4.78, 5) is 27.1. The van der Waals surface area contributed by atoms with E-state index in [1.165, 1.54) is 35.5 Å². The van der Waals surface area contributed by atoms with Crippen LogP contribution in [0.25, 0.3) is 0 Å². The molecule has 0 aliphatic carbocycles. The van der Waals surface area contributed by atoms with Crippen LogP contribution in [-0.4, -0.2) is 43.2 Å². The first-order valence-corrected chi connectivity index (χ1v) is 12.6. The molecule has 0 radical (unpaired) electrons. The number of carbonyl (C=O) groups is 2. The van der Waals surface area contributed by atoms with Gasteiger partial charge in [0.05, 0.1) is 25.2 Å². The molecule has 1 N–H and O–H groups in total. The maximum atomic E-state index is 13.7. The fourth-order valence-corrected chi connectivity index (χ4v) is 5.06. The minimum Gasteiger partial charge on any atom is -0.497 e. The number of ether oxygens (including phenoxy) is 2. The lowest BCUT2D eigenvalue weighted by atomic mass is 10.1. The summed E-state index contributed by atoms with van der Waals surface area (Å²) < 4.78 is 39.1. The van der Waals surface area contributed by atoms with Crippen LogP contribution in [0.15, 0.2) is 53.4 Å². The zero-order valence-corrected chi connectivity index (χ0v) is 21.4. The van der Waals surface area contributed by atoms with Gasteiger partial charge < -0.3 is 14.5 Å². The molecule has 0 saturated heterocycles. The third-order valence-corrected chi connectivity index (χ3v) is 7.70. The Morgan fingerprint density at radius 3 is 2.11 bits per heavy atom. The molecule has 1 aromatic heterocycles. The predicted octanol–water partition coefficient (Wildman–Crippen LogP) is 4.41. The molecule has 0 atom stereocenters. The number of ketones is 1. The van der Waals surface area contributed by atoms with Gasteiger partial charge >= 0.3 is 5.97 Å². The van der Waals surface area contributed by atoms with Crippen molar-refractivity contribution in [1.29, 1.82) is 0 Å². The number of carbonyl (C=O) groups excluding carboxylic acids is 2. The fraction of sp³-hybridized carbons (Fsp3) is 0.308. The molecule has 0 aliphatic rings. The Kier molecular flexibility index (Phi) is 8.14. The SMILES string of the molecule is CCOC(=O)c1[nH]c(CN(Cc2ccc(OC)cc2)S(=O)(=O)c2ccc(C(C)=O)cc2)c(C)c1C. The first-order valence-electron chi connectivity index (χ1n) is 11.2. The van der Waals surface area contributed by atoms with Gasteiger partial charge in [0.25, 0.3) is 0 Å². The van der Waals surface area contributed by atoms with Crippen molar-refractivity contribution in [2.45, 2.75) is 45.7 Å². The third kappa shape index (κ3) is 5.80. The number of benzene rings is 2. The minimum atomic E-state index is -3.95. The molecule has 0 fully saturated rings. The van der Waals surface area contributed by atoms with Gasteiger partial charge in [-0.15, -0.1) is 0 Å². The number of methoxy groups -OCH3 is 1. The van der Waals surface area contributed by atoms with E-state index >= 15 is 0 Å². The highest BCUT2D eigenvalue weighted by Crippen LogP contribution is 2.26. The minimum absolute atomic E-state index is 0.00883. The summed E-state index contributed by atoms with van der Waals surface area (Å²) in [6.07, 6.45) is 0. The van der Waals surface area contributed by atoms with Gasteiger partial charge in [0.15, 0.2) is 5.78 Å². The van der Waals surface area contributed by atoms with E-state index in [1.807, 2.05) is 6.92 Å². The lowest BCUT2D eigenvalue weighted by Crippen LogP contribution is -2.30. The van der Waals surface area contributed by atoms with E-state index in [2.05, 4.69) is 4.98 Å². The van der Waals surface area contributed by atoms with E-state index in [0.717, 1.165) is 11.1 Å². The largest absolute Gasteiger partial charge is 0.497 e. The molecule has 186 valence electrons. The van der Waals surface area contributed by atoms with Gasteiger partial charge in [-0.1, -0.05) is 24.3 Å². The highest BCUT2D eigenvalue weighted by Gasteiger charge is 2.28. The Bertz CT molecular complexity index is 1310. The van der Waals surface area contributed by atoms with E-state index in [0.29, 0.717) is 28.3 Å². The molecular weight excluding hydrogens is 468 g/mol. The van der Waals surface area contributed by atoms with Crippen LogP contribution >= 0.6 is 0 Å². The fourth-order valence-electron chi connectivity index (χ4n) is 3.67. The Morgan fingerprint density at radius 1 is 0.943 bits per heavy atom. The monoisotopic (exact) mass is 498 g/mol. The van der Waals surface area contributed by atoms with Crippen LogP contribution in [0.4, 0.5) is 0 Å². The molecule has 9 heteroatoms. The number of hydrogen-bond acceptors (Lipinski definition) is 6. The van der Waals surface area contributed by atoms with Crippen LogP contribution in [0.1, 0.15) is 57.1 Å². The number of aromatic amines is 1. The molecule has 1 heterocycles. The first-order chi connectivity index (χ1) is 16.6. The number of hydrogen-bond donors (Lipinski definition) is 1. The van der Waals surface area contributed by atoms with Crippen molar-refractivity contribution in [1.82, 2.24) is 9.29 Å². The smallest absolute Gasteiger partial charge is 0.355 e. The van der Waals surface area contributed by atoms with Crippen LogP contribution < -0.4 is 4.74 Å². The first kappa shape index (κ1) is 26.2. The molecule has 3 aromatic rings. The summed E-state index contributed by atoms with van der Waals surface area (Å²) in [5.41, 5.74) is 3.61. The Labute approximate surface area is 205 Å². The van der Waals surface area contributed by atoms with E-state index in [1.54, 1.807) is 45.2 Å². The number of nitrogens with zero attached hydrogens (tertiary/aromatic N) is 1. The second kappa shape index (κ2) is 10.9. The summed E-state index contributed by atoms with van der Waals surface area (Å²) >= 11 is 0. The molecule has 0 spiro atoms. The van der Waals surface area contributed by atoms with Crippen LogP contribution in [0.3, 0.4) is 0 Å². The molecule has 8 nitrogen and oxygen atoms in total. The summed E-state index contributed by atoms with van der Waals surface area (Å²) in [5, 5.41) is 0. The zero-order chi connectivity index (χ0) is 25.8. The molecule has 0 aliphatic heterocycles. The quantitative estimate of drug-likeness (QED) is 0.328. The number of aromatic nitrogens is 1. The third-order valence-electron chi connectivity index (χ3n) is 5.90. The second-order valence-electron chi connectivity index (χ2n) is 8.15. The Hall–Kier alpha value is -3.43. The average Bonchev–Trinajstić information content (AvgIpc) is 3.13. The molecule has 35 heavy (non-hydrogen) atoms. The lowest BCUT2D eigenvalue weighted by molar-refractivity contribution is 0.0519. The number of esters is 1.